The van der Waals surface area contributed by atoms with Gasteiger partial charge in [0.2, 0.25) is 11.8 Å². The van der Waals surface area contributed by atoms with Gasteiger partial charge < -0.3 is 0 Å². The first kappa shape index (κ1) is 8.65. The van der Waals surface area contributed by atoms with E-state index in [1.807, 2.05) is 0 Å². The Labute approximate surface area is 76.2 Å². The van der Waals surface area contributed by atoms with Gasteiger partial charge >= 0.3 is 0 Å². The number of imide groups is 1. The van der Waals surface area contributed by atoms with Crippen LogP contribution in [-0.2, 0) is 9.59 Å². The van der Waals surface area contributed by atoms with E-state index in [9.17, 15) is 9.59 Å². The number of rotatable bonds is 1. The average Bonchev–Trinajstić information content (AvgIpc) is 2.41. The molecule has 1 aliphatic carbocycles. The Morgan fingerprint density at radius 2 is 1.62 bits per heavy atom. The first-order valence-electron chi connectivity index (χ1n) is 4.59. The summed E-state index contributed by atoms with van der Waals surface area (Å²) in [6, 6.07) is 0. The Hall–Kier alpha value is -0.940. The first-order valence-corrected chi connectivity index (χ1v) is 4.59. The van der Waals surface area contributed by atoms with Crippen molar-refractivity contribution in [1.29, 1.82) is 0 Å². The van der Waals surface area contributed by atoms with Gasteiger partial charge in [-0.1, -0.05) is 12.8 Å². The monoisotopic (exact) mass is 183 g/mol. The number of hydrazine groups is 2. The van der Waals surface area contributed by atoms with Crippen molar-refractivity contribution >= 4 is 11.8 Å². The minimum Gasteiger partial charge on any atom is -0.273 e. The highest BCUT2D eigenvalue weighted by molar-refractivity contribution is 6.04. The third-order valence-electron chi connectivity index (χ3n) is 2.97. The molecule has 5 nitrogen and oxygen atoms in total. The van der Waals surface area contributed by atoms with E-state index in [0.29, 0.717) is 0 Å². The minimum absolute atomic E-state index is 0.114. The van der Waals surface area contributed by atoms with Crippen molar-refractivity contribution in [2.45, 2.75) is 25.7 Å². The van der Waals surface area contributed by atoms with Crippen molar-refractivity contribution < 1.29 is 9.59 Å². The van der Waals surface area contributed by atoms with Gasteiger partial charge in [-0.2, -0.15) is 10.5 Å². The van der Waals surface area contributed by atoms with E-state index in [1.165, 1.54) is 0 Å². The number of hydrogen-bond donors (Lipinski definition) is 2. The summed E-state index contributed by atoms with van der Waals surface area (Å²) in [6.45, 7) is 0. The molecule has 2 aliphatic rings. The molecule has 1 saturated carbocycles. The minimum atomic E-state index is -0.155. The molecule has 0 aromatic rings. The van der Waals surface area contributed by atoms with E-state index in [0.717, 1.165) is 30.7 Å². The Bertz CT molecular complexity index is 230. The quantitative estimate of drug-likeness (QED) is 0.327. The third-order valence-corrected chi connectivity index (χ3v) is 2.97. The van der Waals surface area contributed by atoms with Crippen LogP contribution in [0.2, 0.25) is 0 Å². The SMILES string of the molecule is NNN1C(=O)C2CCCCC2C1=O. The van der Waals surface area contributed by atoms with E-state index in [4.69, 9.17) is 5.84 Å². The van der Waals surface area contributed by atoms with Crippen LogP contribution in [0.25, 0.3) is 0 Å². The summed E-state index contributed by atoms with van der Waals surface area (Å²) in [5.41, 5.74) is 2.15. The van der Waals surface area contributed by atoms with Gasteiger partial charge in [-0.05, 0) is 12.8 Å². The van der Waals surface area contributed by atoms with Gasteiger partial charge in [0.15, 0.2) is 0 Å². The molecule has 1 aliphatic heterocycles. The molecule has 3 N–H and O–H groups in total. The van der Waals surface area contributed by atoms with Crippen molar-refractivity contribution in [2.75, 3.05) is 0 Å². The second-order valence-electron chi connectivity index (χ2n) is 3.64. The number of carbonyl (C=O) groups is 2. The largest absolute Gasteiger partial charge is 0.273 e. The predicted octanol–water partition coefficient (Wildman–Crippen LogP) is -0.460. The third kappa shape index (κ3) is 1.15. The molecule has 2 rings (SSSR count). The second-order valence-corrected chi connectivity index (χ2v) is 3.64. The van der Waals surface area contributed by atoms with Crippen LogP contribution in [-0.4, -0.2) is 16.8 Å². The molecule has 0 aromatic carbocycles. The average molecular weight is 183 g/mol. The van der Waals surface area contributed by atoms with Gasteiger partial charge in [0.25, 0.3) is 0 Å². The number of fused-ring (bicyclic) bond motifs is 1. The normalized spacial score (nSPS) is 33.8. The van der Waals surface area contributed by atoms with Crippen LogP contribution in [0.5, 0.6) is 0 Å². The molecule has 2 amide bonds. The second kappa shape index (κ2) is 3.08. The van der Waals surface area contributed by atoms with Crippen LogP contribution in [0.3, 0.4) is 0 Å². The van der Waals surface area contributed by atoms with Crippen LogP contribution in [0.1, 0.15) is 25.7 Å². The number of hydrogen-bond acceptors (Lipinski definition) is 4. The van der Waals surface area contributed by atoms with Gasteiger partial charge in [0, 0.05) is 0 Å². The molecule has 2 unspecified atom stereocenters. The Morgan fingerprint density at radius 3 is 2.00 bits per heavy atom. The molecule has 13 heavy (non-hydrogen) atoms. The Balaban J connectivity index is 2.22. The topological polar surface area (TPSA) is 75.4 Å². The molecule has 2 fully saturated rings. The van der Waals surface area contributed by atoms with Crippen molar-refractivity contribution in [1.82, 2.24) is 10.5 Å². The van der Waals surface area contributed by atoms with Gasteiger partial charge in [0.05, 0.1) is 11.8 Å². The smallest absolute Gasteiger partial charge is 0.248 e. The summed E-state index contributed by atoms with van der Waals surface area (Å²) in [6.07, 6.45) is 3.73. The molecule has 1 saturated heterocycles. The highest BCUT2D eigenvalue weighted by Crippen LogP contribution is 2.36. The van der Waals surface area contributed by atoms with Gasteiger partial charge in [-0.25, -0.2) is 0 Å². The van der Waals surface area contributed by atoms with E-state index >= 15 is 0 Å². The zero-order chi connectivity index (χ0) is 9.42. The highest BCUT2D eigenvalue weighted by Gasteiger charge is 2.48. The maximum atomic E-state index is 11.5. The van der Waals surface area contributed by atoms with Crippen molar-refractivity contribution in [3.63, 3.8) is 0 Å². The van der Waals surface area contributed by atoms with Gasteiger partial charge in [-0.3, -0.25) is 15.4 Å². The van der Waals surface area contributed by atoms with Crippen LogP contribution in [0, 0.1) is 11.8 Å². The highest BCUT2D eigenvalue weighted by atomic mass is 16.2. The van der Waals surface area contributed by atoms with E-state index in [2.05, 4.69) is 5.53 Å². The van der Waals surface area contributed by atoms with Crippen LogP contribution >= 0.6 is 0 Å². The molecule has 0 bridgehead atoms. The molecular weight excluding hydrogens is 170 g/mol. The summed E-state index contributed by atoms with van der Waals surface area (Å²) < 4.78 is 0. The summed E-state index contributed by atoms with van der Waals surface area (Å²) in [4.78, 5) is 23.1. The first-order chi connectivity index (χ1) is 6.25. The van der Waals surface area contributed by atoms with Crippen molar-refractivity contribution in [2.24, 2.45) is 17.7 Å². The number of amides is 2. The molecule has 5 heteroatoms. The Kier molecular flexibility index (Phi) is 2.05. The lowest BCUT2D eigenvalue weighted by Gasteiger charge is -2.19. The number of carbonyl (C=O) groups excluding carboxylic acids is 2. The van der Waals surface area contributed by atoms with Crippen molar-refractivity contribution in [3.8, 4) is 0 Å². The molecular formula is C8H13N3O2. The maximum Gasteiger partial charge on any atom is 0.248 e. The predicted molar refractivity (Wildman–Crippen MR) is 44.6 cm³/mol. The summed E-state index contributed by atoms with van der Waals surface area (Å²) >= 11 is 0. The molecule has 0 aromatic heterocycles. The Morgan fingerprint density at radius 1 is 1.15 bits per heavy atom. The number of nitrogens with one attached hydrogen (secondary N) is 1. The lowest BCUT2D eigenvalue weighted by Crippen LogP contribution is -2.47. The fourth-order valence-electron chi connectivity index (χ4n) is 2.29. The lowest BCUT2D eigenvalue weighted by molar-refractivity contribution is -0.143. The summed E-state index contributed by atoms with van der Waals surface area (Å²) in [5.74, 6) is 4.57. The van der Waals surface area contributed by atoms with Crippen LogP contribution in [0.15, 0.2) is 0 Å². The van der Waals surface area contributed by atoms with Crippen LogP contribution < -0.4 is 11.4 Å². The standard InChI is InChI=1S/C8H13N3O2/c9-10-11-7(12)5-3-1-2-4-6(5)8(11)13/h5-6,10H,1-4,9H2. The van der Waals surface area contributed by atoms with Gasteiger partial charge in [0.1, 0.15) is 0 Å². The fourth-order valence-corrected chi connectivity index (χ4v) is 2.29. The lowest BCUT2D eigenvalue weighted by atomic mass is 9.81. The summed E-state index contributed by atoms with van der Waals surface area (Å²) in [7, 11) is 0. The molecule has 2 atom stereocenters. The number of nitrogens with zero attached hydrogens (tertiary/aromatic N) is 1. The molecule has 72 valence electrons. The van der Waals surface area contributed by atoms with Gasteiger partial charge in [-0.15, -0.1) is 0 Å². The molecule has 1 heterocycles. The molecule has 0 radical (unpaired) electrons. The zero-order valence-electron chi connectivity index (χ0n) is 7.32. The summed E-state index contributed by atoms with van der Waals surface area (Å²) in [5, 5.41) is 0.959. The van der Waals surface area contributed by atoms with E-state index in [-0.39, 0.29) is 23.7 Å². The van der Waals surface area contributed by atoms with Crippen molar-refractivity contribution in [3.05, 3.63) is 0 Å². The maximum absolute atomic E-state index is 11.5. The fraction of sp³-hybridized carbons (Fsp3) is 0.750. The number of nitrogens with two attached hydrogens (primary N) is 1. The zero-order valence-corrected chi connectivity index (χ0v) is 7.32. The van der Waals surface area contributed by atoms with E-state index in [1.54, 1.807) is 0 Å². The molecule has 0 spiro atoms. The van der Waals surface area contributed by atoms with Crippen LogP contribution in [0.4, 0.5) is 0 Å². The van der Waals surface area contributed by atoms with E-state index < -0.39 is 0 Å².